The SMILES string of the molecule is c1nnnn1CCCC1CCNC1. The quantitative estimate of drug-likeness (QED) is 0.713. The topological polar surface area (TPSA) is 55.6 Å². The number of hydrogen-bond acceptors (Lipinski definition) is 4. The zero-order chi connectivity index (χ0) is 8.93. The van der Waals surface area contributed by atoms with E-state index in [1.165, 1.54) is 32.4 Å². The number of nitrogens with zero attached hydrogens (tertiary/aromatic N) is 4. The Morgan fingerprint density at radius 1 is 1.54 bits per heavy atom. The van der Waals surface area contributed by atoms with Gasteiger partial charge in [-0.25, -0.2) is 4.68 Å². The fraction of sp³-hybridized carbons (Fsp3) is 0.875. The average molecular weight is 181 g/mol. The fourth-order valence-electron chi connectivity index (χ4n) is 1.79. The summed E-state index contributed by atoms with van der Waals surface area (Å²) in [7, 11) is 0. The highest BCUT2D eigenvalue weighted by atomic mass is 15.5. The molecule has 1 aromatic rings. The Labute approximate surface area is 77.5 Å². The van der Waals surface area contributed by atoms with Crippen molar-refractivity contribution in [2.75, 3.05) is 13.1 Å². The van der Waals surface area contributed by atoms with Gasteiger partial charge in [0.05, 0.1) is 0 Å². The van der Waals surface area contributed by atoms with Gasteiger partial charge in [-0.2, -0.15) is 0 Å². The Bertz CT molecular complexity index is 227. The van der Waals surface area contributed by atoms with Gasteiger partial charge >= 0.3 is 0 Å². The first-order chi connectivity index (χ1) is 6.45. The molecule has 5 heteroatoms. The summed E-state index contributed by atoms with van der Waals surface area (Å²) in [6.45, 7) is 3.33. The number of aromatic nitrogens is 4. The van der Waals surface area contributed by atoms with Crippen LogP contribution in [0, 0.1) is 5.92 Å². The molecule has 2 rings (SSSR count). The van der Waals surface area contributed by atoms with Gasteiger partial charge in [-0.05, 0) is 48.7 Å². The van der Waals surface area contributed by atoms with Crippen molar-refractivity contribution in [2.24, 2.45) is 5.92 Å². The maximum absolute atomic E-state index is 3.82. The van der Waals surface area contributed by atoms with E-state index in [0.29, 0.717) is 0 Å². The van der Waals surface area contributed by atoms with Crippen molar-refractivity contribution < 1.29 is 0 Å². The molecule has 0 spiro atoms. The van der Waals surface area contributed by atoms with Gasteiger partial charge in [-0.1, -0.05) is 0 Å². The van der Waals surface area contributed by atoms with Crippen LogP contribution >= 0.6 is 0 Å². The first kappa shape index (κ1) is 8.62. The van der Waals surface area contributed by atoms with E-state index in [1.54, 1.807) is 11.0 Å². The Morgan fingerprint density at radius 3 is 3.23 bits per heavy atom. The highest BCUT2D eigenvalue weighted by Gasteiger charge is 2.13. The number of aryl methyl sites for hydroxylation is 1. The summed E-state index contributed by atoms with van der Waals surface area (Å²) in [4.78, 5) is 0. The number of nitrogens with one attached hydrogen (secondary N) is 1. The number of rotatable bonds is 4. The van der Waals surface area contributed by atoms with Gasteiger partial charge in [0.25, 0.3) is 0 Å². The number of hydrogen-bond donors (Lipinski definition) is 1. The van der Waals surface area contributed by atoms with Gasteiger partial charge < -0.3 is 5.32 Å². The van der Waals surface area contributed by atoms with E-state index in [9.17, 15) is 0 Å². The summed E-state index contributed by atoms with van der Waals surface area (Å²) in [5.41, 5.74) is 0. The maximum atomic E-state index is 3.82. The Morgan fingerprint density at radius 2 is 2.54 bits per heavy atom. The minimum atomic E-state index is 0.872. The van der Waals surface area contributed by atoms with E-state index >= 15 is 0 Å². The van der Waals surface area contributed by atoms with Crippen LogP contribution in [0.15, 0.2) is 6.33 Å². The molecule has 0 saturated carbocycles. The Balaban J connectivity index is 1.63. The van der Waals surface area contributed by atoms with Crippen LogP contribution in [0.25, 0.3) is 0 Å². The smallest absolute Gasteiger partial charge is 0.138 e. The predicted octanol–water partition coefficient (Wildman–Crippen LogP) is 0.0628. The zero-order valence-electron chi connectivity index (χ0n) is 7.69. The molecule has 0 bridgehead atoms. The average Bonchev–Trinajstić information content (AvgIpc) is 2.75. The molecule has 1 aliphatic heterocycles. The summed E-state index contributed by atoms with van der Waals surface area (Å²) < 4.78 is 1.79. The third kappa shape index (κ3) is 2.48. The molecule has 1 aliphatic rings. The van der Waals surface area contributed by atoms with Crippen LogP contribution in [0.2, 0.25) is 0 Å². The van der Waals surface area contributed by atoms with Crippen molar-refractivity contribution in [3.8, 4) is 0 Å². The maximum Gasteiger partial charge on any atom is 0.138 e. The third-order valence-electron chi connectivity index (χ3n) is 2.55. The van der Waals surface area contributed by atoms with Crippen molar-refractivity contribution >= 4 is 0 Å². The molecule has 5 nitrogen and oxygen atoms in total. The lowest BCUT2D eigenvalue weighted by Crippen LogP contribution is -2.09. The van der Waals surface area contributed by atoms with Crippen molar-refractivity contribution in [1.29, 1.82) is 0 Å². The minimum Gasteiger partial charge on any atom is -0.316 e. The second-order valence-corrected chi connectivity index (χ2v) is 3.57. The minimum absolute atomic E-state index is 0.872. The van der Waals surface area contributed by atoms with Gasteiger partial charge in [0.1, 0.15) is 6.33 Å². The molecule has 1 fully saturated rings. The Kier molecular flexibility index (Phi) is 2.86. The van der Waals surface area contributed by atoms with Gasteiger partial charge in [-0.3, -0.25) is 0 Å². The summed E-state index contributed by atoms with van der Waals surface area (Å²) in [6, 6.07) is 0. The van der Waals surface area contributed by atoms with Crippen molar-refractivity contribution in [2.45, 2.75) is 25.8 Å². The molecule has 1 unspecified atom stereocenters. The second-order valence-electron chi connectivity index (χ2n) is 3.57. The van der Waals surface area contributed by atoms with Crippen molar-refractivity contribution in [3.05, 3.63) is 6.33 Å². The molecule has 0 amide bonds. The zero-order valence-corrected chi connectivity index (χ0v) is 7.69. The highest BCUT2D eigenvalue weighted by molar-refractivity contribution is 4.70. The van der Waals surface area contributed by atoms with Crippen LogP contribution in [0.1, 0.15) is 19.3 Å². The van der Waals surface area contributed by atoms with Gasteiger partial charge in [0, 0.05) is 6.54 Å². The summed E-state index contributed by atoms with van der Waals surface area (Å²) in [6.07, 6.45) is 5.47. The van der Waals surface area contributed by atoms with Crippen molar-refractivity contribution in [3.63, 3.8) is 0 Å². The molecule has 1 N–H and O–H groups in total. The Hall–Kier alpha value is -0.970. The van der Waals surface area contributed by atoms with Crippen LogP contribution in [-0.4, -0.2) is 33.3 Å². The summed E-state index contributed by atoms with van der Waals surface area (Å²) >= 11 is 0. The molecule has 72 valence electrons. The standard InChI is InChI=1S/C8H15N5/c1(2-8-3-4-9-6-8)5-13-7-10-11-12-13/h7-9H,1-6H2. The van der Waals surface area contributed by atoms with Crippen LogP contribution in [0.4, 0.5) is 0 Å². The molecular weight excluding hydrogens is 166 g/mol. The molecule has 1 atom stereocenters. The molecule has 13 heavy (non-hydrogen) atoms. The van der Waals surface area contributed by atoms with Crippen LogP contribution in [-0.2, 0) is 6.54 Å². The second kappa shape index (κ2) is 4.32. The van der Waals surface area contributed by atoms with E-state index in [2.05, 4.69) is 20.8 Å². The molecule has 0 aromatic carbocycles. The van der Waals surface area contributed by atoms with Crippen LogP contribution in [0.5, 0.6) is 0 Å². The monoisotopic (exact) mass is 181 g/mol. The van der Waals surface area contributed by atoms with E-state index in [4.69, 9.17) is 0 Å². The van der Waals surface area contributed by atoms with E-state index < -0.39 is 0 Å². The molecular formula is C8H15N5. The lowest BCUT2D eigenvalue weighted by Gasteiger charge is -2.06. The summed E-state index contributed by atoms with van der Waals surface area (Å²) in [5.74, 6) is 0.872. The van der Waals surface area contributed by atoms with Gasteiger partial charge in [0.15, 0.2) is 0 Å². The predicted molar refractivity (Wildman–Crippen MR) is 48.0 cm³/mol. The highest BCUT2D eigenvalue weighted by Crippen LogP contribution is 2.14. The molecule has 0 radical (unpaired) electrons. The lowest BCUT2D eigenvalue weighted by atomic mass is 10.0. The third-order valence-corrected chi connectivity index (χ3v) is 2.55. The molecule has 0 aliphatic carbocycles. The largest absolute Gasteiger partial charge is 0.316 e. The van der Waals surface area contributed by atoms with Gasteiger partial charge in [0.2, 0.25) is 0 Å². The molecule has 2 heterocycles. The van der Waals surface area contributed by atoms with E-state index in [-0.39, 0.29) is 0 Å². The van der Waals surface area contributed by atoms with Crippen LogP contribution in [0.3, 0.4) is 0 Å². The van der Waals surface area contributed by atoms with Crippen LogP contribution < -0.4 is 5.32 Å². The van der Waals surface area contributed by atoms with Gasteiger partial charge in [-0.15, -0.1) is 5.10 Å². The molecule has 1 aromatic heterocycles. The number of tetrazole rings is 1. The van der Waals surface area contributed by atoms with Crippen molar-refractivity contribution in [1.82, 2.24) is 25.5 Å². The lowest BCUT2D eigenvalue weighted by molar-refractivity contribution is 0.458. The first-order valence-electron chi connectivity index (χ1n) is 4.86. The van der Waals surface area contributed by atoms with E-state index in [1.807, 2.05) is 0 Å². The summed E-state index contributed by atoms with van der Waals surface area (Å²) in [5, 5.41) is 14.4. The fourth-order valence-corrected chi connectivity index (χ4v) is 1.79. The molecule has 1 saturated heterocycles. The normalized spacial score (nSPS) is 22.3. The van der Waals surface area contributed by atoms with E-state index in [0.717, 1.165) is 12.5 Å². The first-order valence-corrected chi connectivity index (χ1v) is 4.86.